The first-order valence-electron chi connectivity index (χ1n) is 6.98. The van der Waals surface area contributed by atoms with Crippen molar-refractivity contribution in [3.05, 3.63) is 23.8 Å². The van der Waals surface area contributed by atoms with Crippen molar-refractivity contribution in [2.45, 2.75) is 44.0 Å². The lowest BCUT2D eigenvalue weighted by molar-refractivity contribution is -0.137. The maximum Gasteiger partial charge on any atom is 0.303 e. The summed E-state index contributed by atoms with van der Waals surface area (Å²) in [5, 5.41) is 8.74. The van der Waals surface area contributed by atoms with Crippen molar-refractivity contribution in [1.82, 2.24) is 4.72 Å². The lowest BCUT2D eigenvalue weighted by atomic mass is 10.0. The van der Waals surface area contributed by atoms with E-state index in [2.05, 4.69) is 4.72 Å². The number of aliphatic carboxylic acids is 1. The van der Waals surface area contributed by atoms with Crippen LogP contribution in [0.1, 0.15) is 32.3 Å². The van der Waals surface area contributed by atoms with E-state index < -0.39 is 21.5 Å². The summed E-state index contributed by atoms with van der Waals surface area (Å²) < 4.78 is 27.6. The van der Waals surface area contributed by atoms with Crippen molar-refractivity contribution in [3.8, 4) is 0 Å². The quantitative estimate of drug-likeness (QED) is 0.799. The zero-order chi connectivity index (χ0) is 17.1. The Balaban J connectivity index is 3.04. The summed E-state index contributed by atoms with van der Waals surface area (Å²) in [7, 11) is -0.00792. The molecule has 0 heterocycles. The van der Waals surface area contributed by atoms with Crippen molar-refractivity contribution in [2.24, 2.45) is 0 Å². The maximum atomic E-state index is 12.5. The molecule has 6 nitrogen and oxygen atoms in total. The molecule has 0 aliphatic rings. The zero-order valence-corrected chi connectivity index (χ0v) is 14.5. The second-order valence-electron chi connectivity index (χ2n) is 6.23. The third-order valence-corrected chi connectivity index (χ3v) is 5.04. The van der Waals surface area contributed by atoms with Crippen molar-refractivity contribution in [2.75, 3.05) is 19.0 Å². The molecule has 0 saturated carbocycles. The van der Waals surface area contributed by atoms with E-state index in [0.29, 0.717) is 0 Å². The number of sulfonamides is 1. The number of aryl methyl sites for hydroxylation is 1. The van der Waals surface area contributed by atoms with Crippen LogP contribution in [0.2, 0.25) is 0 Å². The van der Waals surface area contributed by atoms with Gasteiger partial charge in [0.15, 0.2) is 0 Å². The number of rotatable bonds is 7. The molecule has 0 radical (unpaired) electrons. The van der Waals surface area contributed by atoms with Gasteiger partial charge in [0.1, 0.15) is 0 Å². The predicted octanol–water partition coefficient (Wildman–Crippen LogP) is 1.98. The Hall–Kier alpha value is -1.60. The van der Waals surface area contributed by atoms with Crippen LogP contribution in [0.15, 0.2) is 23.1 Å². The van der Waals surface area contributed by atoms with Gasteiger partial charge in [0.2, 0.25) is 10.0 Å². The molecular formula is C15H24N2O4S. The van der Waals surface area contributed by atoms with E-state index in [1.165, 1.54) is 0 Å². The van der Waals surface area contributed by atoms with E-state index in [0.717, 1.165) is 11.3 Å². The molecule has 0 aromatic heterocycles. The fourth-order valence-corrected chi connectivity index (χ4v) is 3.59. The largest absolute Gasteiger partial charge is 0.481 e. The molecule has 0 bridgehead atoms. The lowest BCUT2D eigenvalue weighted by Crippen LogP contribution is -2.43. The standard InChI is InChI=1S/C15H24N2O4S/c1-11-6-7-12(10-13(11)17(4)5)22(20,21)16-15(2,3)9-8-14(18)19/h6-7,10,16H,8-9H2,1-5H3,(H,18,19). The highest BCUT2D eigenvalue weighted by atomic mass is 32.2. The first-order valence-corrected chi connectivity index (χ1v) is 8.47. The second kappa shape index (κ2) is 6.66. The van der Waals surface area contributed by atoms with Crippen LogP contribution in [0.5, 0.6) is 0 Å². The molecule has 0 aliphatic heterocycles. The monoisotopic (exact) mass is 328 g/mol. The highest BCUT2D eigenvalue weighted by Gasteiger charge is 2.27. The summed E-state index contributed by atoms with van der Waals surface area (Å²) in [6.45, 7) is 5.26. The number of hydrogen-bond acceptors (Lipinski definition) is 4. The lowest BCUT2D eigenvalue weighted by Gasteiger charge is -2.26. The normalized spacial score (nSPS) is 12.2. The summed E-state index contributed by atoms with van der Waals surface area (Å²) in [6.07, 6.45) is 0.125. The first-order chi connectivity index (χ1) is 9.94. The smallest absolute Gasteiger partial charge is 0.303 e. The van der Waals surface area contributed by atoms with Gasteiger partial charge in [-0.05, 0) is 44.9 Å². The molecule has 0 aliphatic carbocycles. The van der Waals surface area contributed by atoms with Crippen LogP contribution >= 0.6 is 0 Å². The Morgan fingerprint density at radius 1 is 1.32 bits per heavy atom. The summed E-state index contributed by atoms with van der Waals surface area (Å²) >= 11 is 0. The number of carboxylic acids is 1. The zero-order valence-electron chi connectivity index (χ0n) is 13.7. The van der Waals surface area contributed by atoms with E-state index in [1.54, 1.807) is 32.0 Å². The topological polar surface area (TPSA) is 86.7 Å². The number of carboxylic acid groups (broad SMARTS) is 1. The van der Waals surface area contributed by atoms with Gasteiger partial charge in [0.25, 0.3) is 0 Å². The van der Waals surface area contributed by atoms with Crippen LogP contribution in [0, 0.1) is 6.92 Å². The molecule has 0 amide bonds. The van der Waals surface area contributed by atoms with Crippen molar-refractivity contribution >= 4 is 21.7 Å². The summed E-state index contributed by atoms with van der Waals surface area (Å²) in [5.41, 5.74) is 0.973. The molecule has 0 unspecified atom stereocenters. The van der Waals surface area contributed by atoms with Crippen LogP contribution in [0.4, 0.5) is 5.69 Å². The maximum absolute atomic E-state index is 12.5. The van der Waals surface area contributed by atoms with Gasteiger partial charge in [-0.15, -0.1) is 0 Å². The molecule has 1 aromatic carbocycles. The fourth-order valence-electron chi connectivity index (χ4n) is 2.13. The first kappa shape index (κ1) is 18.4. The molecule has 0 fully saturated rings. The van der Waals surface area contributed by atoms with Crippen LogP contribution in [0.25, 0.3) is 0 Å². The average Bonchev–Trinajstić information content (AvgIpc) is 2.35. The summed E-state index contributed by atoms with van der Waals surface area (Å²) in [4.78, 5) is 12.7. The van der Waals surface area contributed by atoms with E-state index in [4.69, 9.17) is 5.11 Å². The SMILES string of the molecule is Cc1ccc(S(=O)(=O)NC(C)(C)CCC(=O)O)cc1N(C)C. The molecule has 124 valence electrons. The third-order valence-electron chi connectivity index (χ3n) is 3.35. The summed E-state index contributed by atoms with van der Waals surface area (Å²) in [6, 6.07) is 4.93. The highest BCUT2D eigenvalue weighted by molar-refractivity contribution is 7.89. The van der Waals surface area contributed by atoms with Gasteiger partial charge >= 0.3 is 5.97 Å². The summed E-state index contributed by atoms with van der Waals surface area (Å²) in [5.74, 6) is -0.947. The molecule has 7 heteroatoms. The van der Waals surface area contributed by atoms with Crippen LogP contribution in [-0.2, 0) is 14.8 Å². The molecule has 0 saturated heterocycles. The molecule has 1 rings (SSSR count). The molecule has 22 heavy (non-hydrogen) atoms. The van der Waals surface area contributed by atoms with Crippen molar-refractivity contribution in [3.63, 3.8) is 0 Å². The Bertz CT molecular complexity index is 652. The highest BCUT2D eigenvalue weighted by Crippen LogP contribution is 2.24. The van der Waals surface area contributed by atoms with Gasteiger partial charge in [-0.25, -0.2) is 13.1 Å². The Kier molecular flexibility index (Phi) is 5.59. The Labute approximate surface area is 132 Å². The number of carbonyl (C=O) groups is 1. The molecule has 2 N–H and O–H groups in total. The van der Waals surface area contributed by atoms with Gasteiger partial charge in [0.05, 0.1) is 4.90 Å². The molecule has 0 atom stereocenters. The number of anilines is 1. The van der Waals surface area contributed by atoms with E-state index in [-0.39, 0.29) is 17.7 Å². The van der Waals surface area contributed by atoms with Crippen LogP contribution in [-0.4, -0.2) is 39.1 Å². The van der Waals surface area contributed by atoms with E-state index in [9.17, 15) is 13.2 Å². The fraction of sp³-hybridized carbons (Fsp3) is 0.533. The number of hydrogen-bond donors (Lipinski definition) is 2. The van der Waals surface area contributed by atoms with Gasteiger partial charge in [-0.1, -0.05) is 6.07 Å². The Morgan fingerprint density at radius 2 is 1.91 bits per heavy atom. The minimum absolute atomic E-state index is 0.0909. The van der Waals surface area contributed by atoms with Gasteiger partial charge in [-0.3, -0.25) is 4.79 Å². The molecule has 0 spiro atoms. The third kappa shape index (κ3) is 4.99. The minimum Gasteiger partial charge on any atom is -0.481 e. The molecular weight excluding hydrogens is 304 g/mol. The van der Waals surface area contributed by atoms with Gasteiger partial charge < -0.3 is 10.0 Å². The Morgan fingerprint density at radius 3 is 2.41 bits per heavy atom. The van der Waals surface area contributed by atoms with E-state index in [1.807, 2.05) is 25.9 Å². The van der Waals surface area contributed by atoms with Crippen molar-refractivity contribution in [1.29, 1.82) is 0 Å². The molecule has 1 aromatic rings. The van der Waals surface area contributed by atoms with Crippen molar-refractivity contribution < 1.29 is 18.3 Å². The predicted molar refractivity (Wildman–Crippen MR) is 86.8 cm³/mol. The number of benzene rings is 1. The van der Waals surface area contributed by atoms with Gasteiger partial charge in [-0.2, -0.15) is 0 Å². The minimum atomic E-state index is -3.71. The van der Waals surface area contributed by atoms with Crippen LogP contribution < -0.4 is 9.62 Å². The second-order valence-corrected chi connectivity index (χ2v) is 7.91. The van der Waals surface area contributed by atoms with Gasteiger partial charge in [0, 0.05) is 31.7 Å². The average molecular weight is 328 g/mol. The van der Waals surface area contributed by atoms with E-state index >= 15 is 0 Å². The van der Waals surface area contributed by atoms with Crippen LogP contribution in [0.3, 0.4) is 0 Å². The number of nitrogens with one attached hydrogen (secondary N) is 1. The number of nitrogens with zero attached hydrogens (tertiary/aromatic N) is 1.